The Labute approximate surface area is 128 Å². The van der Waals surface area contributed by atoms with E-state index < -0.39 is 0 Å². The van der Waals surface area contributed by atoms with Crippen LogP contribution in [-0.2, 0) is 11.3 Å². The average Bonchev–Trinajstić information content (AvgIpc) is 3.02. The minimum atomic E-state index is -0.344. The molecule has 1 aromatic carbocycles. The van der Waals surface area contributed by atoms with Gasteiger partial charge in [0.2, 0.25) is 0 Å². The molecule has 0 aliphatic carbocycles. The molecule has 0 radical (unpaired) electrons. The van der Waals surface area contributed by atoms with E-state index in [1.54, 1.807) is 13.8 Å². The van der Waals surface area contributed by atoms with E-state index in [1.165, 1.54) is 0 Å². The third-order valence-electron chi connectivity index (χ3n) is 3.72. The van der Waals surface area contributed by atoms with E-state index in [4.69, 9.17) is 9.15 Å². The molecule has 0 fully saturated rings. The smallest absolute Gasteiger partial charge is 0.342 e. The number of aryl methyl sites for hydroxylation is 2. The Balaban J connectivity index is 2.03. The van der Waals surface area contributed by atoms with E-state index in [0.717, 1.165) is 22.2 Å². The maximum atomic E-state index is 12.2. The van der Waals surface area contributed by atoms with Gasteiger partial charge in [-0.05, 0) is 26.8 Å². The van der Waals surface area contributed by atoms with Gasteiger partial charge in [-0.25, -0.2) is 4.79 Å². The molecule has 3 rings (SSSR count). The molecule has 0 aliphatic rings. The molecule has 0 saturated heterocycles. The summed E-state index contributed by atoms with van der Waals surface area (Å²) in [5.74, 6) is 0.964. The fourth-order valence-electron chi connectivity index (χ4n) is 2.69. The Hall–Kier alpha value is -2.56. The van der Waals surface area contributed by atoms with Crippen molar-refractivity contribution in [2.24, 2.45) is 0 Å². The number of furan rings is 1. The van der Waals surface area contributed by atoms with Gasteiger partial charge in [0.25, 0.3) is 0 Å². The number of esters is 1. The van der Waals surface area contributed by atoms with E-state index in [9.17, 15) is 4.79 Å². The lowest BCUT2D eigenvalue weighted by atomic mass is 10.1. The van der Waals surface area contributed by atoms with Crippen molar-refractivity contribution in [3.63, 3.8) is 0 Å². The second-order valence-electron chi connectivity index (χ2n) is 5.15. The molecule has 2 aromatic heterocycles. The summed E-state index contributed by atoms with van der Waals surface area (Å²) in [5.41, 5.74) is 2.36. The van der Waals surface area contributed by atoms with Crippen molar-refractivity contribution in [1.29, 1.82) is 0 Å². The minimum absolute atomic E-state index is 0.340. The van der Waals surface area contributed by atoms with E-state index in [-0.39, 0.29) is 5.97 Å². The summed E-state index contributed by atoms with van der Waals surface area (Å²) in [6.07, 6.45) is 1.82. The zero-order valence-electron chi connectivity index (χ0n) is 12.9. The number of ether oxygens (including phenoxy) is 1. The summed E-state index contributed by atoms with van der Waals surface area (Å²) in [5, 5.41) is 5.48. The van der Waals surface area contributed by atoms with Crippen molar-refractivity contribution < 1.29 is 13.9 Å². The normalized spacial score (nSPS) is 11.0. The van der Waals surface area contributed by atoms with Crippen molar-refractivity contribution in [2.75, 3.05) is 6.61 Å². The molecular formula is C17H18N2O3. The molecule has 0 atom stereocenters. The van der Waals surface area contributed by atoms with Crippen LogP contribution in [0, 0.1) is 13.8 Å². The average molecular weight is 298 g/mol. The van der Waals surface area contributed by atoms with Crippen molar-refractivity contribution in [3.8, 4) is 0 Å². The number of hydrogen-bond acceptors (Lipinski definition) is 4. The summed E-state index contributed by atoms with van der Waals surface area (Å²) in [6.45, 7) is 6.25. The molecule has 2 heterocycles. The fraction of sp³-hybridized carbons (Fsp3) is 0.294. The fourth-order valence-corrected chi connectivity index (χ4v) is 2.69. The highest BCUT2D eigenvalue weighted by Crippen LogP contribution is 2.25. The molecular weight excluding hydrogens is 280 g/mol. The van der Waals surface area contributed by atoms with Gasteiger partial charge in [0.15, 0.2) is 0 Å². The largest absolute Gasteiger partial charge is 0.465 e. The standard InChI is InChI=1S/C17H18N2O3/c1-4-21-17(20)16-12(3)22-11(2)14(16)10-19-15-8-6-5-7-13(15)9-18-19/h5-9H,4,10H2,1-3H3. The first-order valence-electron chi connectivity index (χ1n) is 7.28. The van der Waals surface area contributed by atoms with E-state index in [0.29, 0.717) is 24.5 Å². The number of para-hydroxylation sites is 1. The minimum Gasteiger partial charge on any atom is -0.465 e. The monoisotopic (exact) mass is 298 g/mol. The van der Waals surface area contributed by atoms with Crippen molar-refractivity contribution >= 4 is 16.9 Å². The Bertz CT molecular complexity index is 830. The molecule has 5 nitrogen and oxygen atoms in total. The van der Waals surface area contributed by atoms with Crippen LogP contribution in [-0.4, -0.2) is 22.4 Å². The summed E-state index contributed by atoms with van der Waals surface area (Å²) in [6, 6.07) is 7.97. The first kappa shape index (κ1) is 14.4. The maximum Gasteiger partial charge on any atom is 0.342 e. The third kappa shape index (κ3) is 2.39. The van der Waals surface area contributed by atoms with Crippen LogP contribution in [0.1, 0.15) is 34.4 Å². The predicted molar refractivity (Wildman–Crippen MR) is 83.0 cm³/mol. The van der Waals surface area contributed by atoms with Gasteiger partial charge in [-0.3, -0.25) is 4.68 Å². The lowest BCUT2D eigenvalue weighted by molar-refractivity contribution is 0.0523. The Morgan fingerprint density at radius 3 is 2.82 bits per heavy atom. The number of carbonyl (C=O) groups excluding carboxylic acids is 1. The van der Waals surface area contributed by atoms with Crippen molar-refractivity contribution in [3.05, 3.63) is 53.1 Å². The van der Waals surface area contributed by atoms with Gasteiger partial charge in [-0.2, -0.15) is 5.10 Å². The van der Waals surface area contributed by atoms with Crippen molar-refractivity contribution in [1.82, 2.24) is 9.78 Å². The first-order chi connectivity index (χ1) is 10.6. The molecule has 0 amide bonds. The lowest BCUT2D eigenvalue weighted by Gasteiger charge is -2.06. The van der Waals surface area contributed by atoms with Crippen LogP contribution < -0.4 is 0 Å². The van der Waals surface area contributed by atoms with Gasteiger partial charge in [-0.1, -0.05) is 18.2 Å². The van der Waals surface area contributed by atoms with Crippen LogP contribution in [0.5, 0.6) is 0 Å². The molecule has 114 valence electrons. The highest BCUT2D eigenvalue weighted by molar-refractivity contribution is 5.92. The Kier molecular flexibility index (Phi) is 3.71. The molecule has 22 heavy (non-hydrogen) atoms. The topological polar surface area (TPSA) is 57.3 Å². The second-order valence-corrected chi connectivity index (χ2v) is 5.15. The van der Waals surface area contributed by atoms with Gasteiger partial charge in [-0.15, -0.1) is 0 Å². The maximum absolute atomic E-state index is 12.2. The van der Waals surface area contributed by atoms with Crippen LogP contribution in [0.25, 0.3) is 10.9 Å². The number of benzene rings is 1. The second kappa shape index (κ2) is 5.67. The van der Waals surface area contributed by atoms with Crippen LogP contribution in [0.4, 0.5) is 0 Å². The van der Waals surface area contributed by atoms with E-state index in [2.05, 4.69) is 5.10 Å². The molecule has 5 heteroatoms. The highest BCUT2D eigenvalue weighted by Gasteiger charge is 2.23. The molecule has 0 spiro atoms. The highest BCUT2D eigenvalue weighted by atomic mass is 16.5. The number of rotatable bonds is 4. The van der Waals surface area contributed by atoms with Crippen LogP contribution in [0.3, 0.4) is 0 Å². The number of aromatic nitrogens is 2. The van der Waals surface area contributed by atoms with Gasteiger partial charge in [0.05, 0.1) is 24.9 Å². The molecule has 0 N–H and O–H groups in total. The molecule has 0 bridgehead atoms. The molecule has 0 saturated carbocycles. The van der Waals surface area contributed by atoms with E-state index >= 15 is 0 Å². The number of nitrogens with zero attached hydrogens (tertiary/aromatic N) is 2. The number of hydrogen-bond donors (Lipinski definition) is 0. The Morgan fingerprint density at radius 2 is 2.05 bits per heavy atom. The quantitative estimate of drug-likeness (QED) is 0.692. The van der Waals surface area contributed by atoms with E-state index in [1.807, 2.05) is 42.1 Å². The summed E-state index contributed by atoms with van der Waals surface area (Å²) >= 11 is 0. The van der Waals surface area contributed by atoms with Gasteiger partial charge in [0, 0.05) is 10.9 Å². The predicted octanol–water partition coefficient (Wildman–Crippen LogP) is 3.47. The van der Waals surface area contributed by atoms with Crippen molar-refractivity contribution in [2.45, 2.75) is 27.3 Å². The number of fused-ring (bicyclic) bond motifs is 1. The SMILES string of the molecule is CCOC(=O)c1c(C)oc(C)c1Cn1ncc2ccccc21. The molecule has 0 aliphatic heterocycles. The summed E-state index contributed by atoms with van der Waals surface area (Å²) in [7, 11) is 0. The molecule has 0 unspecified atom stereocenters. The van der Waals surface area contributed by atoms with Gasteiger partial charge < -0.3 is 9.15 Å². The number of carbonyl (C=O) groups is 1. The third-order valence-corrected chi connectivity index (χ3v) is 3.72. The van der Waals surface area contributed by atoms with Gasteiger partial charge in [0.1, 0.15) is 17.1 Å². The zero-order chi connectivity index (χ0) is 15.7. The van der Waals surface area contributed by atoms with Crippen LogP contribution >= 0.6 is 0 Å². The van der Waals surface area contributed by atoms with Crippen LogP contribution in [0.2, 0.25) is 0 Å². The zero-order valence-corrected chi connectivity index (χ0v) is 12.9. The summed E-state index contributed by atoms with van der Waals surface area (Å²) in [4.78, 5) is 12.2. The Morgan fingerprint density at radius 1 is 1.27 bits per heavy atom. The van der Waals surface area contributed by atoms with Crippen LogP contribution in [0.15, 0.2) is 34.9 Å². The van der Waals surface area contributed by atoms with Gasteiger partial charge >= 0.3 is 5.97 Å². The summed E-state index contributed by atoms with van der Waals surface area (Å²) < 4.78 is 12.6. The lowest BCUT2D eigenvalue weighted by Crippen LogP contribution is -2.11. The first-order valence-corrected chi connectivity index (χ1v) is 7.28. The molecule has 3 aromatic rings.